The summed E-state index contributed by atoms with van der Waals surface area (Å²) >= 11 is 3.06. The van der Waals surface area contributed by atoms with Crippen molar-refractivity contribution in [2.45, 2.75) is 18.8 Å². The van der Waals surface area contributed by atoms with Crippen LogP contribution in [0.4, 0.5) is 13.2 Å². The molecule has 0 bridgehead atoms. The van der Waals surface area contributed by atoms with Crippen LogP contribution in [0, 0.1) is 5.92 Å². The second-order valence-corrected chi connectivity index (χ2v) is 5.83. The van der Waals surface area contributed by atoms with Gasteiger partial charge in [-0.3, -0.25) is 0 Å². The minimum absolute atomic E-state index is 0. The molecule has 0 aliphatic carbocycles. The Balaban J connectivity index is 0.00000220. The fourth-order valence-electron chi connectivity index (χ4n) is 2.29. The molecule has 0 radical (unpaired) electrons. The molecule has 120 valence electrons. The maximum atomic E-state index is 12.9. The fraction of sp³-hybridized carbons (Fsp3) is 0.538. The van der Waals surface area contributed by atoms with Gasteiger partial charge in [-0.25, -0.2) is 0 Å². The van der Waals surface area contributed by atoms with E-state index in [0.717, 1.165) is 6.07 Å². The topological polar surface area (TPSA) is 44.3 Å². The molecule has 1 saturated heterocycles. The molecule has 0 amide bonds. The first-order chi connectivity index (χ1) is 9.38. The number of benzene rings is 1. The third-order valence-corrected chi connectivity index (χ3v) is 3.90. The van der Waals surface area contributed by atoms with Gasteiger partial charge in [0.05, 0.1) is 11.7 Å². The lowest BCUT2D eigenvalue weighted by Gasteiger charge is -2.17. The summed E-state index contributed by atoms with van der Waals surface area (Å²) in [5.41, 5.74) is -0.425. The predicted octanol–water partition coefficient (Wildman–Crippen LogP) is 2.56. The highest BCUT2D eigenvalue weighted by Gasteiger charge is 2.33. The van der Waals surface area contributed by atoms with Gasteiger partial charge in [0.2, 0.25) is 0 Å². The maximum Gasteiger partial charge on any atom is 0.416 e. The molecule has 1 fully saturated rings. The smallest absolute Gasteiger partial charge is 0.391 e. The van der Waals surface area contributed by atoms with Crippen LogP contribution in [0.15, 0.2) is 22.7 Å². The minimum atomic E-state index is -4.37. The van der Waals surface area contributed by atoms with Crippen molar-refractivity contribution in [3.8, 4) is 0 Å². The van der Waals surface area contributed by atoms with E-state index < -0.39 is 17.8 Å². The van der Waals surface area contributed by atoms with Gasteiger partial charge < -0.3 is 15.7 Å². The van der Waals surface area contributed by atoms with E-state index in [4.69, 9.17) is 0 Å². The molecular formula is C13H17BrClF3N2O. The fourth-order valence-corrected chi connectivity index (χ4v) is 2.65. The third-order valence-electron chi connectivity index (χ3n) is 3.40. The van der Waals surface area contributed by atoms with Crippen molar-refractivity contribution >= 4 is 28.3 Å². The summed E-state index contributed by atoms with van der Waals surface area (Å²) in [5.74, 6) is 0.0415. The Bertz CT molecular complexity index is 473. The zero-order chi connectivity index (χ0) is 14.8. The standard InChI is InChI=1S/C13H16BrF3N2O.ClH/c14-10-2-1-8(11(3-10)13(15,16)17)4-18-5-9-6-19-7-12(9)20;/h1-3,9,12,18-20H,4-7H2;1H. The largest absolute Gasteiger partial charge is 0.416 e. The average Bonchev–Trinajstić information content (AvgIpc) is 2.76. The van der Waals surface area contributed by atoms with Crippen molar-refractivity contribution in [3.63, 3.8) is 0 Å². The Labute approximate surface area is 135 Å². The number of halogens is 5. The van der Waals surface area contributed by atoms with Gasteiger partial charge in [-0.05, 0) is 17.7 Å². The van der Waals surface area contributed by atoms with Crippen LogP contribution in [0.1, 0.15) is 11.1 Å². The molecule has 2 rings (SSSR count). The molecule has 2 unspecified atom stereocenters. The molecule has 3 nitrogen and oxygen atoms in total. The summed E-state index contributed by atoms with van der Waals surface area (Å²) in [5, 5.41) is 15.6. The van der Waals surface area contributed by atoms with Gasteiger partial charge in [-0.1, -0.05) is 22.0 Å². The van der Waals surface area contributed by atoms with Crippen molar-refractivity contribution < 1.29 is 18.3 Å². The molecule has 1 aliphatic rings. The van der Waals surface area contributed by atoms with E-state index in [1.54, 1.807) is 6.07 Å². The van der Waals surface area contributed by atoms with E-state index >= 15 is 0 Å². The van der Waals surface area contributed by atoms with E-state index in [-0.39, 0.29) is 30.4 Å². The maximum absolute atomic E-state index is 12.9. The second kappa shape index (κ2) is 7.78. The van der Waals surface area contributed by atoms with Crippen LogP contribution in [-0.4, -0.2) is 30.8 Å². The van der Waals surface area contributed by atoms with Gasteiger partial charge in [0.15, 0.2) is 0 Å². The van der Waals surface area contributed by atoms with Crippen LogP contribution in [0.5, 0.6) is 0 Å². The average molecular weight is 390 g/mol. The third kappa shape index (κ3) is 5.10. The van der Waals surface area contributed by atoms with Crippen molar-refractivity contribution in [2.24, 2.45) is 5.92 Å². The summed E-state index contributed by atoms with van der Waals surface area (Å²) < 4.78 is 39.2. The summed E-state index contributed by atoms with van der Waals surface area (Å²) in [6, 6.07) is 4.14. The molecule has 2 atom stereocenters. The van der Waals surface area contributed by atoms with Crippen LogP contribution in [-0.2, 0) is 12.7 Å². The number of β-amino-alcohol motifs (C(OH)–C–C–N with tert-alkyl or cyclic N) is 1. The molecule has 1 aromatic rings. The molecule has 0 saturated carbocycles. The van der Waals surface area contributed by atoms with Gasteiger partial charge >= 0.3 is 6.18 Å². The Morgan fingerprint density at radius 1 is 1.33 bits per heavy atom. The zero-order valence-corrected chi connectivity index (χ0v) is 13.5. The lowest BCUT2D eigenvalue weighted by Crippen LogP contribution is -2.30. The second-order valence-electron chi connectivity index (χ2n) is 4.92. The Hall–Kier alpha value is -0.340. The van der Waals surface area contributed by atoms with Crippen LogP contribution in [0.3, 0.4) is 0 Å². The number of nitrogens with one attached hydrogen (secondary N) is 2. The van der Waals surface area contributed by atoms with Crippen molar-refractivity contribution in [1.29, 1.82) is 0 Å². The number of rotatable bonds is 4. The molecule has 1 aromatic carbocycles. The van der Waals surface area contributed by atoms with Crippen LogP contribution < -0.4 is 10.6 Å². The highest BCUT2D eigenvalue weighted by Crippen LogP contribution is 2.33. The zero-order valence-electron chi connectivity index (χ0n) is 11.1. The van der Waals surface area contributed by atoms with Crippen molar-refractivity contribution in [3.05, 3.63) is 33.8 Å². The van der Waals surface area contributed by atoms with Gasteiger partial charge in [0, 0.05) is 36.6 Å². The van der Waals surface area contributed by atoms with Gasteiger partial charge in [-0.2, -0.15) is 13.2 Å². The first-order valence-electron chi connectivity index (χ1n) is 6.33. The van der Waals surface area contributed by atoms with Crippen LogP contribution in [0.2, 0.25) is 0 Å². The monoisotopic (exact) mass is 388 g/mol. The number of alkyl halides is 3. The molecule has 21 heavy (non-hydrogen) atoms. The molecule has 8 heteroatoms. The summed E-state index contributed by atoms with van der Waals surface area (Å²) in [4.78, 5) is 0. The highest BCUT2D eigenvalue weighted by molar-refractivity contribution is 9.10. The van der Waals surface area contributed by atoms with Gasteiger partial charge in [0.25, 0.3) is 0 Å². The minimum Gasteiger partial charge on any atom is -0.391 e. The number of aliphatic hydroxyl groups excluding tert-OH is 1. The summed E-state index contributed by atoms with van der Waals surface area (Å²) in [6.07, 6.45) is -4.80. The molecule has 1 heterocycles. The molecule has 0 aromatic heterocycles. The Morgan fingerprint density at radius 3 is 2.62 bits per heavy atom. The van der Waals surface area contributed by atoms with E-state index in [2.05, 4.69) is 26.6 Å². The predicted molar refractivity (Wildman–Crippen MR) is 80.5 cm³/mol. The molecular weight excluding hydrogens is 373 g/mol. The van der Waals surface area contributed by atoms with E-state index in [1.807, 2.05) is 0 Å². The van der Waals surface area contributed by atoms with Crippen molar-refractivity contribution in [1.82, 2.24) is 10.6 Å². The first kappa shape index (κ1) is 18.7. The van der Waals surface area contributed by atoms with Gasteiger partial charge in [0.1, 0.15) is 0 Å². The van der Waals surface area contributed by atoms with E-state index in [1.165, 1.54) is 6.07 Å². The highest BCUT2D eigenvalue weighted by atomic mass is 79.9. The lowest BCUT2D eigenvalue weighted by atomic mass is 10.0. The number of hydrogen-bond acceptors (Lipinski definition) is 3. The van der Waals surface area contributed by atoms with Crippen LogP contribution in [0.25, 0.3) is 0 Å². The number of hydrogen-bond donors (Lipinski definition) is 3. The van der Waals surface area contributed by atoms with E-state index in [0.29, 0.717) is 24.1 Å². The Morgan fingerprint density at radius 2 is 2.05 bits per heavy atom. The molecule has 1 aliphatic heterocycles. The molecule has 0 spiro atoms. The molecule has 3 N–H and O–H groups in total. The lowest BCUT2D eigenvalue weighted by molar-refractivity contribution is -0.138. The quantitative estimate of drug-likeness (QED) is 0.742. The van der Waals surface area contributed by atoms with Crippen molar-refractivity contribution in [2.75, 3.05) is 19.6 Å². The normalized spacial score (nSPS) is 22.1. The summed E-state index contributed by atoms with van der Waals surface area (Å²) in [7, 11) is 0. The number of aliphatic hydroxyl groups is 1. The SMILES string of the molecule is Cl.OC1CNCC1CNCc1ccc(Br)cc1C(F)(F)F. The Kier molecular flexibility index (Phi) is 6.93. The van der Waals surface area contributed by atoms with Gasteiger partial charge in [-0.15, -0.1) is 12.4 Å². The first-order valence-corrected chi connectivity index (χ1v) is 7.12. The van der Waals surface area contributed by atoms with Crippen LogP contribution >= 0.6 is 28.3 Å². The van der Waals surface area contributed by atoms with E-state index in [9.17, 15) is 18.3 Å². The summed E-state index contributed by atoms with van der Waals surface area (Å²) in [6.45, 7) is 1.84.